The molecule has 0 N–H and O–H groups in total. The highest BCUT2D eigenvalue weighted by atomic mass is 127. The summed E-state index contributed by atoms with van der Waals surface area (Å²) in [5, 5.41) is 0. The molecule has 0 aliphatic heterocycles. The average Bonchev–Trinajstić information content (AvgIpc) is 2.04. The molecule has 0 saturated carbocycles. The second kappa shape index (κ2) is 5.36. The van der Waals surface area contributed by atoms with Crippen LogP contribution in [0.25, 0.3) is 0 Å². The maximum atomic E-state index is 5.69. The Bertz CT molecular complexity index is 186. The van der Waals surface area contributed by atoms with Crippen molar-refractivity contribution in [1.29, 1.82) is 0 Å². The van der Waals surface area contributed by atoms with Gasteiger partial charge in [-0.05, 0) is 14.5 Å². The zero-order valence-corrected chi connectivity index (χ0v) is 14.3. The highest BCUT2D eigenvalue weighted by Crippen LogP contribution is 2.25. The Morgan fingerprint density at radius 3 is 2.00 bits per heavy atom. The van der Waals surface area contributed by atoms with E-state index in [1.807, 2.05) is 0 Å². The largest absolute Gasteiger partial charge is 0.138 e. The first kappa shape index (κ1) is 13.5. The van der Waals surface area contributed by atoms with Gasteiger partial charge in [-0.25, -0.2) is 0 Å². The van der Waals surface area contributed by atoms with Crippen LogP contribution in [0.2, 0.25) is 25.7 Å². The fourth-order valence-corrected chi connectivity index (χ4v) is 19.6. The van der Waals surface area contributed by atoms with Crippen LogP contribution >= 0.6 is 45.2 Å². The maximum absolute atomic E-state index is 5.69. The van der Waals surface area contributed by atoms with Gasteiger partial charge in [0.25, 0.3) is 0 Å². The zero-order chi connectivity index (χ0) is 9.83. The molecule has 0 aromatic rings. The number of hydrogen-bond acceptors (Lipinski definition) is 0. The number of alkyl halides is 2. The van der Waals surface area contributed by atoms with Crippen molar-refractivity contribution in [2.75, 3.05) is 8.48 Å². The third kappa shape index (κ3) is 2.99. The van der Waals surface area contributed by atoms with Crippen molar-refractivity contribution in [3.63, 3.8) is 0 Å². The Hall–Kier alpha value is 1.45. The smallest absolute Gasteiger partial charge is 0.127 e. The summed E-state index contributed by atoms with van der Waals surface area (Å²) < 4.78 is 2.55. The van der Waals surface area contributed by atoms with Crippen molar-refractivity contribution in [3.8, 4) is 12.0 Å². The average molecular weight is 422 g/mol. The summed E-state index contributed by atoms with van der Waals surface area (Å²) in [5.41, 5.74) is 3.16. The van der Waals surface area contributed by atoms with Gasteiger partial charge < -0.3 is 0 Å². The predicted molar refractivity (Wildman–Crippen MR) is 80.5 cm³/mol. The molecule has 0 saturated heterocycles. The van der Waals surface area contributed by atoms with E-state index in [0.29, 0.717) is 0 Å². The van der Waals surface area contributed by atoms with Crippen LogP contribution in [0.15, 0.2) is 0 Å². The van der Waals surface area contributed by atoms with Gasteiger partial charge in [0, 0.05) is 0 Å². The topological polar surface area (TPSA) is 0 Å². The fourth-order valence-electron chi connectivity index (χ4n) is 0.942. The van der Waals surface area contributed by atoms with Crippen LogP contribution in [0.1, 0.15) is 0 Å². The summed E-state index contributed by atoms with van der Waals surface area (Å²) >= 11 is 4.97. The molecule has 0 spiro atoms. The van der Waals surface area contributed by atoms with Crippen LogP contribution in [0.5, 0.6) is 0 Å². The molecular weight excluding hydrogens is 406 g/mol. The van der Waals surface area contributed by atoms with E-state index < -0.39 is 15.2 Å². The minimum Gasteiger partial charge on any atom is -0.138 e. The third-order valence-electron chi connectivity index (χ3n) is 2.74. The van der Waals surface area contributed by atoms with Gasteiger partial charge in [-0.2, -0.15) is 0 Å². The fraction of sp³-hybridized carbons (Fsp3) is 0.750. The molecule has 0 rings (SSSR count). The Morgan fingerprint density at radius 1 is 1.25 bits per heavy atom. The SMILES string of the molecule is C#C[Si](C)(CCI)[Si](C)(C)CI. The molecule has 0 aromatic carbocycles. The molecule has 0 aliphatic rings. The number of hydrogen-bond donors (Lipinski definition) is 0. The summed E-state index contributed by atoms with van der Waals surface area (Å²) in [4.78, 5) is 0. The van der Waals surface area contributed by atoms with Crippen molar-refractivity contribution in [2.24, 2.45) is 0 Å². The first-order valence-electron chi connectivity index (χ1n) is 4.03. The summed E-state index contributed by atoms with van der Waals surface area (Å²) in [6, 6.07) is 1.31. The molecule has 0 aromatic heterocycles. The molecule has 0 aliphatic carbocycles. The Balaban J connectivity index is 4.64. The molecule has 0 fully saturated rings. The number of rotatable bonds is 4. The van der Waals surface area contributed by atoms with Crippen molar-refractivity contribution >= 4 is 60.4 Å². The normalized spacial score (nSPS) is 16.7. The summed E-state index contributed by atoms with van der Waals surface area (Å²) in [6.07, 6.45) is 5.69. The van der Waals surface area contributed by atoms with Gasteiger partial charge in [-0.3, -0.25) is 0 Å². The van der Waals surface area contributed by atoms with Gasteiger partial charge in [-0.1, -0.05) is 64.8 Å². The molecule has 12 heavy (non-hydrogen) atoms. The molecule has 0 bridgehead atoms. The standard InChI is InChI=1S/C8H16I2Si2/c1-5-12(4,7-6-9)11(2,3)8-10/h1H,6-8H2,2-4H3. The minimum atomic E-state index is -1.30. The maximum Gasteiger partial charge on any atom is 0.127 e. The van der Waals surface area contributed by atoms with Crippen molar-refractivity contribution in [3.05, 3.63) is 0 Å². The van der Waals surface area contributed by atoms with Crippen molar-refractivity contribution < 1.29 is 0 Å². The lowest BCUT2D eigenvalue weighted by atomic mass is 11.0. The number of halogens is 2. The summed E-state index contributed by atoms with van der Waals surface area (Å²) in [5.74, 6) is 0. The molecule has 0 radical (unpaired) electrons. The third-order valence-corrected chi connectivity index (χ3v) is 28.4. The van der Waals surface area contributed by atoms with Crippen LogP contribution < -0.4 is 0 Å². The lowest BCUT2D eigenvalue weighted by molar-refractivity contribution is 1.47. The Morgan fingerprint density at radius 2 is 1.75 bits per heavy atom. The van der Waals surface area contributed by atoms with Crippen LogP contribution in [0.4, 0.5) is 0 Å². The minimum absolute atomic E-state index is 1.07. The quantitative estimate of drug-likeness (QED) is 0.282. The summed E-state index contributed by atoms with van der Waals surface area (Å²) in [6.45, 7) is 7.31. The number of terminal acetylenes is 1. The lowest BCUT2D eigenvalue weighted by Crippen LogP contribution is -2.58. The van der Waals surface area contributed by atoms with E-state index >= 15 is 0 Å². The van der Waals surface area contributed by atoms with Gasteiger partial charge in [-0.15, -0.1) is 12.0 Å². The van der Waals surface area contributed by atoms with E-state index in [-0.39, 0.29) is 0 Å². The molecule has 1 unspecified atom stereocenters. The Labute approximate surface area is 105 Å². The van der Waals surface area contributed by atoms with E-state index in [0.717, 1.165) is 0 Å². The molecule has 0 heterocycles. The van der Waals surface area contributed by atoms with E-state index in [2.05, 4.69) is 70.4 Å². The van der Waals surface area contributed by atoms with Crippen molar-refractivity contribution in [2.45, 2.75) is 25.7 Å². The van der Waals surface area contributed by atoms with Gasteiger partial charge in [0.05, 0.1) is 7.59 Å². The molecule has 4 heteroatoms. The predicted octanol–water partition coefficient (Wildman–Crippen LogP) is 3.43. The van der Waals surface area contributed by atoms with Crippen LogP contribution in [0.3, 0.4) is 0 Å². The van der Waals surface area contributed by atoms with E-state index in [1.165, 1.54) is 14.5 Å². The molecule has 0 amide bonds. The van der Waals surface area contributed by atoms with Gasteiger partial charge >= 0.3 is 0 Å². The van der Waals surface area contributed by atoms with Gasteiger partial charge in [0.15, 0.2) is 0 Å². The summed E-state index contributed by atoms with van der Waals surface area (Å²) in [7, 11) is -2.37. The monoisotopic (exact) mass is 422 g/mol. The van der Waals surface area contributed by atoms with Crippen LogP contribution in [-0.2, 0) is 0 Å². The molecule has 1 atom stereocenters. The lowest BCUT2D eigenvalue weighted by Gasteiger charge is -2.35. The Kier molecular flexibility index (Phi) is 6.01. The first-order chi connectivity index (χ1) is 5.43. The van der Waals surface area contributed by atoms with Gasteiger partial charge in [0.1, 0.15) is 7.59 Å². The molecule has 0 nitrogen and oxygen atoms in total. The van der Waals surface area contributed by atoms with E-state index in [1.54, 1.807) is 0 Å². The second-order valence-corrected chi connectivity index (χ2v) is 22.2. The van der Waals surface area contributed by atoms with Crippen LogP contribution in [0, 0.1) is 12.0 Å². The van der Waals surface area contributed by atoms with Gasteiger partial charge in [0.2, 0.25) is 0 Å². The van der Waals surface area contributed by atoms with Crippen LogP contribution in [-0.4, -0.2) is 23.7 Å². The molecular formula is C8H16I2Si2. The highest BCUT2D eigenvalue weighted by molar-refractivity contribution is 14.1. The van der Waals surface area contributed by atoms with E-state index in [9.17, 15) is 0 Å². The second-order valence-electron chi connectivity index (χ2n) is 3.93. The van der Waals surface area contributed by atoms with E-state index in [4.69, 9.17) is 6.42 Å². The first-order valence-corrected chi connectivity index (χ1v) is 14.0. The van der Waals surface area contributed by atoms with Crippen molar-refractivity contribution in [1.82, 2.24) is 0 Å². The molecule has 70 valence electrons. The zero-order valence-electron chi connectivity index (χ0n) is 7.95. The highest BCUT2D eigenvalue weighted by Gasteiger charge is 2.42.